The lowest BCUT2D eigenvalue weighted by atomic mass is 9.76. The lowest BCUT2D eigenvalue weighted by molar-refractivity contribution is 0.214. The predicted molar refractivity (Wildman–Crippen MR) is 84.5 cm³/mol. The molecular formula is C18H27F2N. The Kier molecular flexibility index (Phi) is 4.90. The van der Waals surface area contributed by atoms with Gasteiger partial charge in [-0.15, -0.1) is 0 Å². The molecule has 1 aliphatic rings. The van der Waals surface area contributed by atoms with Gasteiger partial charge in [-0.05, 0) is 55.6 Å². The van der Waals surface area contributed by atoms with Crippen LogP contribution in [0.2, 0.25) is 0 Å². The van der Waals surface area contributed by atoms with Crippen LogP contribution in [0.4, 0.5) is 14.5 Å². The van der Waals surface area contributed by atoms with Crippen LogP contribution < -0.4 is 5.32 Å². The van der Waals surface area contributed by atoms with Crippen molar-refractivity contribution in [3.63, 3.8) is 0 Å². The molecule has 21 heavy (non-hydrogen) atoms. The van der Waals surface area contributed by atoms with Crippen LogP contribution in [0, 0.1) is 29.9 Å². The summed E-state index contributed by atoms with van der Waals surface area (Å²) >= 11 is 0. The zero-order valence-electron chi connectivity index (χ0n) is 13.6. The zero-order valence-corrected chi connectivity index (χ0v) is 13.6. The van der Waals surface area contributed by atoms with Gasteiger partial charge < -0.3 is 5.32 Å². The van der Waals surface area contributed by atoms with Crippen molar-refractivity contribution in [2.45, 2.75) is 65.8 Å². The number of hydrogen-bond acceptors (Lipinski definition) is 1. The molecule has 0 saturated heterocycles. The number of benzene rings is 1. The van der Waals surface area contributed by atoms with Crippen molar-refractivity contribution in [2.75, 3.05) is 5.32 Å². The van der Waals surface area contributed by atoms with E-state index < -0.39 is 11.6 Å². The van der Waals surface area contributed by atoms with Gasteiger partial charge in [0.05, 0.1) is 0 Å². The number of rotatable bonds is 2. The Morgan fingerprint density at radius 1 is 1.05 bits per heavy atom. The normalized spacial score (nSPS) is 23.7. The van der Waals surface area contributed by atoms with Crippen LogP contribution in [0.5, 0.6) is 0 Å². The van der Waals surface area contributed by atoms with Gasteiger partial charge in [0.25, 0.3) is 0 Å². The van der Waals surface area contributed by atoms with E-state index in [1.807, 2.05) is 0 Å². The molecule has 3 heteroatoms. The summed E-state index contributed by atoms with van der Waals surface area (Å²) in [5.74, 6) is -0.252. The third-order valence-corrected chi connectivity index (χ3v) is 4.83. The molecule has 0 aliphatic heterocycles. The summed E-state index contributed by atoms with van der Waals surface area (Å²) in [5.41, 5.74) is 0.851. The van der Waals surface area contributed by atoms with E-state index in [2.05, 4.69) is 26.1 Å². The van der Waals surface area contributed by atoms with Gasteiger partial charge in [0, 0.05) is 6.04 Å². The summed E-state index contributed by atoms with van der Waals surface area (Å²) in [4.78, 5) is 0. The summed E-state index contributed by atoms with van der Waals surface area (Å²) in [7, 11) is 0. The molecule has 1 aromatic carbocycles. The molecule has 2 rings (SSSR count). The first-order valence-corrected chi connectivity index (χ1v) is 8.00. The molecule has 1 N–H and O–H groups in total. The van der Waals surface area contributed by atoms with E-state index in [1.165, 1.54) is 18.6 Å². The minimum Gasteiger partial charge on any atom is -0.378 e. The highest BCUT2D eigenvalue weighted by Crippen LogP contribution is 2.37. The van der Waals surface area contributed by atoms with E-state index in [0.29, 0.717) is 16.9 Å². The molecule has 0 bridgehead atoms. The van der Waals surface area contributed by atoms with Crippen LogP contribution in [0.3, 0.4) is 0 Å². The average Bonchev–Trinajstić information content (AvgIpc) is 2.64. The first-order valence-electron chi connectivity index (χ1n) is 8.00. The Morgan fingerprint density at radius 2 is 1.76 bits per heavy atom. The van der Waals surface area contributed by atoms with E-state index in [-0.39, 0.29) is 11.7 Å². The Balaban J connectivity index is 2.06. The smallest absolute Gasteiger partial charge is 0.152 e. The van der Waals surface area contributed by atoms with Crippen LogP contribution >= 0.6 is 0 Å². The number of nitrogens with one attached hydrogen (secondary N) is 1. The van der Waals surface area contributed by atoms with Gasteiger partial charge in [-0.1, -0.05) is 33.3 Å². The van der Waals surface area contributed by atoms with Gasteiger partial charge in [-0.3, -0.25) is 0 Å². The summed E-state index contributed by atoms with van der Waals surface area (Å²) < 4.78 is 27.9. The Hall–Kier alpha value is -1.12. The fourth-order valence-corrected chi connectivity index (χ4v) is 3.31. The molecule has 118 valence electrons. The molecule has 0 heterocycles. The summed E-state index contributed by atoms with van der Waals surface area (Å²) in [6.45, 7) is 8.52. The Labute approximate surface area is 127 Å². The SMILES string of the molecule is Cc1ccc(F)c(NC2CCCC(C(C)(C)C)CC2)c1F. The van der Waals surface area contributed by atoms with Crippen molar-refractivity contribution >= 4 is 5.69 Å². The summed E-state index contributed by atoms with van der Waals surface area (Å²) in [6.07, 6.45) is 5.42. The molecule has 1 nitrogen and oxygen atoms in total. The average molecular weight is 295 g/mol. The fourth-order valence-electron chi connectivity index (χ4n) is 3.31. The molecule has 1 saturated carbocycles. The second-order valence-electron chi connectivity index (χ2n) is 7.47. The van der Waals surface area contributed by atoms with Crippen LogP contribution in [0.1, 0.15) is 58.4 Å². The summed E-state index contributed by atoms with van der Waals surface area (Å²) in [6, 6.07) is 3.00. The van der Waals surface area contributed by atoms with Gasteiger partial charge in [0.15, 0.2) is 5.82 Å². The zero-order chi connectivity index (χ0) is 15.6. The second kappa shape index (κ2) is 6.33. The maximum absolute atomic E-state index is 14.1. The monoisotopic (exact) mass is 295 g/mol. The highest BCUT2D eigenvalue weighted by atomic mass is 19.1. The first-order chi connectivity index (χ1) is 9.79. The van der Waals surface area contributed by atoms with Gasteiger partial charge in [-0.2, -0.15) is 0 Å². The molecule has 1 fully saturated rings. The third-order valence-electron chi connectivity index (χ3n) is 4.83. The van der Waals surface area contributed by atoms with E-state index in [4.69, 9.17) is 0 Å². The maximum Gasteiger partial charge on any atom is 0.152 e. The minimum absolute atomic E-state index is 0.0502. The van der Waals surface area contributed by atoms with E-state index in [9.17, 15) is 8.78 Å². The number of anilines is 1. The molecule has 1 aromatic rings. The summed E-state index contributed by atoms with van der Waals surface area (Å²) in [5, 5.41) is 3.12. The molecule has 2 unspecified atom stereocenters. The van der Waals surface area contributed by atoms with Gasteiger partial charge >= 0.3 is 0 Å². The lowest BCUT2D eigenvalue weighted by Crippen LogP contribution is -2.22. The van der Waals surface area contributed by atoms with Gasteiger partial charge in [0.2, 0.25) is 0 Å². The quantitative estimate of drug-likeness (QED) is 0.692. The largest absolute Gasteiger partial charge is 0.378 e. The predicted octanol–water partition coefficient (Wildman–Crippen LogP) is 5.68. The van der Waals surface area contributed by atoms with E-state index in [0.717, 1.165) is 25.7 Å². The van der Waals surface area contributed by atoms with Gasteiger partial charge in [-0.25, -0.2) is 8.78 Å². The van der Waals surface area contributed by atoms with Crippen LogP contribution in [-0.4, -0.2) is 6.04 Å². The van der Waals surface area contributed by atoms with E-state index >= 15 is 0 Å². The standard InChI is InChI=1S/C18H27F2N/c1-12-8-11-15(19)17(16(12)20)21-14-7-5-6-13(9-10-14)18(2,3)4/h8,11,13-14,21H,5-7,9-10H2,1-4H3. The molecule has 0 spiro atoms. The van der Waals surface area contributed by atoms with Gasteiger partial charge in [0.1, 0.15) is 11.5 Å². The molecular weight excluding hydrogens is 268 g/mol. The molecule has 0 amide bonds. The van der Waals surface area contributed by atoms with Crippen LogP contribution in [-0.2, 0) is 0 Å². The van der Waals surface area contributed by atoms with Crippen molar-refractivity contribution in [2.24, 2.45) is 11.3 Å². The number of halogens is 2. The molecule has 2 atom stereocenters. The van der Waals surface area contributed by atoms with Crippen LogP contribution in [0.15, 0.2) is 12.1 Å². The minimum atomic E-state index is -0.491. The van der Waals surface area contributed by atoms with Crippen molar-refractivity contribution in [3.05, 3.63) is 29.3 Å². The topological polar surface area (TPSA) is 12.0 Å². The second-order valence-corrected chi connectivity index (χ2v) is 7.47. The maximum atomic E-state index is 14.1. The highest BCUT2D eigenvalue weighted by Gasteiger charge is 2.28. The molecule has 0 radical (unpaired) electrons. The van der Waals surface area contributed by atoms with Crippen molar-refractivity contribution < 1.29 is 8.78 Å². The fraction of sp³-hybridized carbons (Fsp3) is 0.667. The number of aryl methyl sites for hydroxylation is 1. The lowest BCUT2D eigenvalue weighted by Gasteiger charge is -2.29. The highest BCUT2D eigenvalue weighted by molar-refractivity contribution is 5.49. The van der Waals surface area contributed by atoms with Crippen LogP contribution in [0.25, 0.3) is 0 Å². The Bertz CT molecular complexity index is 491. The van der Waals surface area contributed by atoms with Crippen molar-refractivity contribution in [3.8, 4) is 0 Å². The van der Waals surface area contributed by atoms with Crippen molar-refractivity contribution in [1.82, 2.24) is 0 Å². The third kappa shape index (κ3) is 3.96. The number of hydrogen-bond donors (Lipinski definition) is 1. The first kappa shape index (κ1) is 16.3. The van der Waals surface area contributed by atoms with E-state index in [1.54, 1.807) is 6.92 Å². The molecule has 0 aromatic heterocycles. The van der Waals surface area contributed by atoms with Crippen molar-refractivity contribution in [1.29, 1.82) is 0 Å². The molecule has 1 aliphatic carbocycles. The Morgan fingerprint density at radius 3 is 2.43 bits per heavy atom.